The molecule has 5 heteroatoms. The molecule has 0 aliphatic heterocycles. The Morgan fingerprint density at radius 1 is 1.38 bits per heavy atom. The Labute approximate surface area is 130 Å². The number of amides is 1. The number of carbonyl (C=O) groups excluding carboxylic acids is 1. The molecule has 0 spiro atoms. The summed E-state index contributed by atoms with van der Waals surface area (Å²) in [5, 5.41) is 3.28. The molecule has 0 saturated carbocycles. The summed E-state index contributed by atoms with van der Waals surface area (Å²) >= 11 is 0. The summed E-state index contributed by atoms with van der Waals surface area (Å²) < 4.78 is 5.21. The predicted octanol–water partition coefficient (Wildman–Crippen LogP) is 1.76. The maximum atomic E-state index is 11.6. The van der Waals surface area contributed by atoms with Gasteiger partial charge >= 0.3 is 0 Å². The zero-order valence-electron chi connectivity index (χ0n) is 14.6. The number of hydrogen-bond donors (Lipinski definition) is 2. The first-order valence-corrected chi connectivity index (χ1v) is 8.19. The fraction of sp³-hybridized carbons (Fsp3) is 0.938. The molecule has 0 heterocycles. The molecule has 0 saturated heterocycles. The maximum absolute atomic E-state index is 11.6. The number of ether oxygens (including phenoxy) is 1. The van der Waals surface area contributed by atoms with Gasteiger partial charge in [0.2, 0.25) is 5.91 Å². The first-order valence-electron chi connectivity index (χ1n) is 8.19. The van der Waals surface area contributed by atoms with Crippen LogP contribution in [0.2, 0.25) is 0 Å². The third kappa shape index (κ3) is 7.79. The summed E-state index contributed by atoms with van der Waals surface area (Å²) in [7, 11) is 1.74. The molecule has 0 radical (unpaired) electrons. The zero-order chi connectivity index (χ0) is 16.3. The topological polar surface area (TPSA) is 67.6 Å². The normalized spacial score (nSPS) is 15.9. The van der Waals surface area contributed by atoms with E-state index >= 15 is 0 Å². The van der Waals surface area contributed by atoms with Crippen molar-refractivity contribution in [3.63, 3.8) is 0 Å². The van der Waals surface area contributed by atoms with Crippen molar-refractivity contribution in [2.45, 2.75) is 65.0 Å². The Balaban J connectivity index is 4.17. The van der Waals surface area contributed by atoms with Gasteiger partial charge in [0, 0.05) is 13.2 Å². The van der Waals surface area contributed by atoms with Crippen LogP contribution in [0.3, 0.4) is 0 Å². The quantitative estimate of drug-likeness (QED) is 0.509. The molecule has 2 atom stereocenters. The lowest BCUT2D eigenvalue weighted by atomic mass is 9.93. The van der Waals surface area contributed by atoms with Crippen molar-refractivity contribution in [2.75, 3.05) is 33.4 Å². The lowest BCUT2D eigenvalue weighted by Gasteiger charge is -2.29. The van der Waals surface area contributed by atoms with E-state index in [-0.39, 0.29) is 5.91 Å². The molecule has 126 valence electrons. The van der Waals surface area contributed by atoms with Gasteiger partial charge in [-0.05, 0) is 59.2 Å². The van der Waals surface area contributed by atoms with E-state index < -0.39 is 5.54 Å². The highest BCUT2D eigenvalue weighted by Crippen LogP contribution is 2.14. The summed E-state index contributed by atoms with van der Waals surface area (Å²) in [5.41, 5.74) is 4.96. The Hall–Kier alpha value is -0.650. The summed E-state index contributed by atoms with van der Waals surface area (Å²) in [6, 6.07) is 0.431. The molecule has 0 aromatic rings. The number of rotatable bonds is 13. The minimum atomic E-state index is -0.578. The SMILES string of the molecule is CCCNC(C)(CCCCN(CC)C(C)COC)C(N)=O. The number of methoxy groups -OCH3 is 1. The highest BCUT2D eigenvalue weighted by atomic mass is 16.5. The van der Waals surface area contributed by atoms with Crippen molar-refractivity contribution in [1.29, 1.82) is 0 Å². The summed E-state index contributed by atoms with van der Waals surface area (Å²) in [6.45, 7) is 12.0. The molecule has 2 unspecified atom stereocenters. The number of nitrogens with one attached hydrogen (secondary N) is 1. The number of unbranched alkanes of at least 4 members (excludes halogenated alkanes) is 1. The lowest BCUT2D eigenvalue weighted by Crippen LogP contribution is -2.53. The van der Waals surface area contributed by atoms with Gasteiger partial charge in [0.15, 0.2) is 0 Å². The number of carbonyl (C=O) groups is 1. The molecule has 0 bridgehead atoms. The van der Waals surface area contributed by atoms with Crippen LogP contribution in [0.15, 0.2) is 0 Å². The van der Waals surface area contributed by atoms with Crippen molar-refractivity contribution in [2.24, 2.45) is 5.73 Å². The first kappa shape index (κ1) is 20.3. The van der Waals surface area contributed by atoms with E-state index in [0.717, 1.165) is 51.9 Å². The Morgan fingerprint density at radius 2 is 2.05 bits per heavy atom. The average Bonchev–Trinajstić information content (AvgIpc) is 2.45. The van der Waals surface area contributed by atoms with Gasteiger partial charge in [-0.15, -0.1) is 0 Å². The molecule has 0 aliphatic carbocycles. The van der Waals surface area contributed by atoms with E-state index in [1.165, 1.54) is 0 Å². The Morgan fingerprint density at radius 3 is 2.52 bits per heavy atom. The van der Waals surface area contributed by atoms with Gasteiger partial charge in [-0.2, -0.15) is 0 Å². The van der Waals surface area contributed by atoms with Gasteiger partial charge in [0.1, 0.15) is 0 Å². The van der Waals surface area contributed by atoms with Crippen molar-refractivity contribution >= 4 is 5.91 Å². The van der Waals surface area contributed by atoms with E-state index in [1.807, 2.05) is 6.92 Å². The number of nitrogens with zero attached hydrogens (tertiary/aromatic N) is 1. The van der Waals surface area contributed by atoms with Crippen LogP contribution < -0.4 is 11.1 Å². The summed E-state index contributed by atoms with van der Waals surface area (Å²) in [4.78, 5) is 14.0. The van der Waals surface area contributed by atoms with Gasteiger partial charge in [-0.1, -0.05) is 13.8 Å². The largest absolute Gasteiger partial charge is 0.383 e. The number of nitrogens with two attached hydrogens (primary N) is 1. The van der Waals surface area contributed by atoms with Crippen LogP contribution in [-0.4, -0.2) is 55.7 Å². The predicted molar refractivity (Wildman–Crippen MR) is 88.3 cm³/mol. The van der Waals surface area contributed by atoms with Gasteiger partial charge in [-0.25, -0.2) is 0 Å². The molecule has 5 nitrogen and oxygen atoms in total. The second kappa shape index (κ2) is 11.0. The number of likely N-dealkylation sites (N-methyl/N-ethyl adjacent to an activating group) is 1. The van der Waals surface area contributed by atoms with Crippen molar-refractivity contribution in [3.05, 3.63) is 0 Å². The molecule has 21 heavy (non-hydrogen) atoms. The van der Waals surface area contributed by atoms with Gasteiger partial charge in [0.05, 0.1) is 12.1 Å². The Bertz CT molecular complexity index is 287. The van der Waals surface area contributed by atoms with Gasteiger partial charge < -0.3 is 15.8 Å². The number of hydrogen-bond acceptors (Lipinski definition) is 4. The minimum Gasteiger partial charge on any atom is -0.383 e. The highest BCUT2D eigenvalue weighted by molar-refractivity contribution is 5.84. The minimum absolute atomic E-state index is 0.254. The average molecular weight is 301 g/mol. The smallest absolute Gasteiger partial charge is 0.237 e. The van der Waals surface area contributed by atoms with Crippen LogP contribution in [0.1, 0.15) is 53.4 Å². The second-order valence-corrected chi connectivity index (χ2v) is 6.01. The fourth-order valence-corrected chi connectivity index (χ4v) is 2.53. The van der Waals surface area contributed by atoms with E-state index in [2.05, 4.69) is 31.0 Å². The van der Waals surface area contributed by atoms with E-state index in [0.29, 0.717) is 6.04 Å². The molecule has 0 aliphatic rings. The van der Waals surface area contributed by atoms with E-state index in [4.69, 9.17) is 10.5 Å². The van der Waals surface area contributed by atoms with Crippen LogP contribution in [-0.2, 0) is 9.53 Å². The number of primary amides is 1. The summed E-state index contributed by atoms with van der Waals surface area (Å²) in [5.74, 6) is -0.254. The molecule has 0 fully saturated rings. The molecule has 0 rings (SSSR count). The van der Waals surface area contributed by atoms with E-state index in [1.54, 1.807) is 7.11 Å². The van der Waals surface area contributed by atoms with E-state index in [9.17, 15) is 4.79 Å². The lowest BCUT2D eigenvalue weighted by molar-refractivity contribution is -0.124. The highest BCUT2D eigenvalue weighted by Gasteiger charge is 2.29. The molecule has 1 amide bonds. The van der Waals surface area contributed by atoms with Crippen LogP contribution >= 0.6 is 0 Å². The molecule has 3 N–H and O–H groups in total. The monoisotopic (exact) mass is 301 g/mol. The van der Waals surface area contributed by atoms with Gasteiger partial charge in [0.25, 0.3) is 0 Å². The van der Waals surface area contributed by atoms with Crippen LogP contribution in [0.4, 0.5) is 0 Å². The van der Waals surface area contributed by atoms with Crippen molar-refractivity contribution in [3.8, 4) is 0 Å². The molecule has 0 aromatic carbocycles. The molecular formula is C16H35N3O2. The molecule has 0 aromatic heterocycles. The standard InChI is InChI=1S/C16H35N3O2/c1-6-11-18-16(4,15(17)20)10-8-9-12-19(7-2)14(3)13-21-5/h14,18H,6-13H2,1-5H3,(H2,17,20). The summed E-state index contributed by atoms with van der Waals surface area (Å²) in [6.07, 6.45) is 3.85. The van der Waals surface area contributed by atoms with Gasteiger partial charge in [-0.3, -0.25) is 9.69 Å². The zero-order valence-corrected chi connectivity index (χ0v) is 14.6. The first-order chi connectivity index (χ1) is 9.91. The van der Waals surface area contributed by atoms with Crippen LogP contribution in [0.25, 0.3) is 0 Å². The van der Waals surface area contributed by atoms with Crippen molar-refractivity contribution < 1.29 is 9.53 Å². The third-order valence-electron chi connectivity index (χ3n) is 4.12. The Kier molecular flexibility index (Phi) is 10.6. The second-order valence-electron chi connectivity index (χ2n) is 6.01. The van der Waals surface area contributed by atoms with Crippen LogP contribution in [0.5, 0.6) is 0 Å². The fourth-order valence-electron chi connectivity index (χ4n) is 2.53. The van der Waals surface area contributed by atoms with Crippen molar-refractivity contribution in [1.82, 2.24) is 10.2 Å². The maximum Gasteiger partial charge on any atom is 0.237 e. The third-order valence-corrected chi connectivity index (χ3v) is 4.12. The molecular weight excluding hydrogens is 266 g/mol. The van der Waals surface area contributed by atoms with Crippen LogP contribution in [0, 0.1) is 0 Å².